The third-order valence-electron chi connectivity index (χ3n) is 8.65. The van der Waals surface area contributed by atoms with Gasteiger partial charge >= 0.3 is 19.8 Å². The Morgan fingerprint density at radius 1 is 0.778 bits per heavy atom. The molecule has 1 rings (SSSR count). The van der Waals surface area contributed by atoms with Crippen molar-refractivity contribution < 1.29 is 47.8 Å². The van der Waals surface area contributed by atoms with E-state index in [-0.39, 0.29) is 37.1 Å². The molecule has 10 nitrogen and oxygen atoms in total. The fourth-order valence-corrected chi connectivity index (χ4v) is 5.95. The number of unbranched alkanes of at least 4 members (excludes halogenated alkanes) is 7. The fourth-order valence-electron chi connectivity index (χ4n) is 5.59. The van der Waals surface area contributed by atoms with Crippen molar-refractivity contribution >= 4 is 25.5 Å². The molecule has 0 fully saturated rings. The van der Waals surface area contributed by atoms with Crippen LogP contribution in [0.5, 0.6) is 0 Å². The van der Waals surface area contributed by atoms with Gasteiger partial charge < -0.3 is 24.4 Å². The van der Waals surface area contributed by atoms with Crippen molar-refractivity contribution in [3.8, 4) is 0 Å². The first-order valence-electron chi connectivity index (χ1n) is 19.9. The van der Waals surface area contributed by atoms with Gasteiger partial charge in [-0.3, -0.25) is 18.9 Å². The minimum Gasteiger partial charge on any atom is -0.462 e. The molecule has 3 N–H and O–H groups in total. The maximum absolute atomic E-state index is 12.4. The quantitative estimate of drug-likeness (QED) is 0.0260. The topological polar surface area (TPSA) is 157 Å². The predicted molar refractivity (Wildman–Crippen MR) is 215 cm³/mol. The molecule has 1 aliphatic rings. The van der Waals surface area contributed by atoms with E-state index in [4.69, 9.17) is 19.3 Å². The molecule has 0 heterocycles. The third kappa shape index (κ3) is 28.3. The van der Waals surface area contributed by atoms with Gasteiger partial charge in [-0.05, 0) is 82.6 Å². The molecular formula is C43H67O10P. The molecule has 54 heavy (non-hydrogen) atoms. The number of carbonyl (C=O) groups is 3. The molecule has 0 aromatic heterocycles. The molecule has 304 valence electrons. The smallest absolute Gasteiger partial charge is 0.462 e. The van der Waals surface area contributed by atoms with E-state index in [1.165, 1.54) is 0 Å². The summed E-state index contributed by atoms with van der Waals surface area (Å²) < 4.78 is 26.3. The highest BCUT2D eigenvalue weighted by molar-refractivity contribution is 7.46. The first-order chi connectivity index (χ1) is 26.1. The zero-order chi connectivity index (χ0) is 39.7. The maximum Gasteiger partial charge on any atom is 0.469 e. The highest BCUT2D eigenvalue weighted by Gasteiger charge is 2.27. The summed E-state index contributed by atoms with van der Waals surface area (Å²) in [5, 5.41) is 10.2. The number of rotatable bonds is 32. The van der Waals surface area contributed by atoms with E-state index < -0.39 is 38.6 Å². The van der Waals surface area contributed by atoms with E-state index in [1.807, 2.05) is 24.3 Å². The van der Waals surface area contributed by atoms with Crippen molar-refractivity contribution in [2.45, 2.75) is 142 Å². The Balaban J connectivity index is 2.29. The second kappa shape index (κ2) is 32.1. The lowest BCUT2D eigenvalue weighted by molar-refractivity contribution is -0.161. The molecule has 0 radical (unpaired) electrons. The van der Waals surface area contributed by atoms with Crippen molar-refractivity contribution in [2.75, 3.05) is 13.2 Å². The zero-order valence-corrected chi connectivity index (χ0v) is 33.6. The highest BCUT2D eigenvalue weighted by atomic mass is 31.2. The van der Waals surface area contributed by atoms with Gasteiger partial charge in [-0.25, -0.2) is 4.57 Å². The van der Waals surface area contributed by atoms with E-state index in [1.54, 1.807) is 12.2 Å². The Morgan fingerprint density at radius 3 is 2.09 bits per heavy atom. The standard InChI is InChI=1S/C43H67O10P/c1-3-5-7-8-9-10-11-12-13-14-15-16-17-18-19-20-26-30-43(47)53-39(36-52-54(48,49)50)35-51-42(46)29-25-22-21-24-27-37-31-34-41(45)40(37)33-32-38(44)28-23-6-4-2/h5,7,9-10,12-13,15-16,21,24,31-34,37-40,44H,3-4,6,8,11,14,17-20,22-23,25-30,35-36H2,1-2H3,(H2,48,49,50)/b7-5-,10-9-,13-12-,16-15-,24-21-,33-32+/t37-,38-,39+,40+/m0/s1. The number of esters is 2. The van der Waals surface area contributed by atoms with Gasteiger partial charge in [0.05, 0.1) is 12.7 Å². The van der Waals surface area contributed by atoms with Gasteiger partial charge in [-0.2, -0.15) is 0 Å². The Hall–Kier alpha value is -3.14. The van der Waals surface area contributed by atoms with Crippen molar-refractivity contribution in [2.24, 2.45) is 11.8 Å². The van der Waals surface area contributed by atoms with Crippen molar-refractivity contribution in [3.05, 3.63) is 85.1 Å². The summed E-state index contributed by atoms with van der Waals surface area (Å²) in [6, 6.07) is 0. The molecule has 0 aliphatic heterocycles. The minimum atomic E-state index is -4.82. The second-order valence-electron chi connectivity index (χ2n) is 13.5. The van der Waals surface area contributed by atoms with Crippen LogP contribution in [0.15, 0.2) is 85.1 Å². The van der Waals surface area contributed by atoms with Gasteiger partial charge in [0.2, 0.25) is 0 Å². The van der Waals surface area contributed by atoms with Gasteiger partial charge in [-0.15, -0.1) is 0 Å². The molecule has 4 atom stereocenters. The number of allylic oxidation sites excluding steroid dienone is 13. The van der Waals surface area contributed by atoms with E-state index in [0.717, 1.165) is 70.6 Å². The van der Waals surface area contributed by atoms with Crippen LogP contribution in [0.3, 0.4) is 0 Å². The van der Waals surface area contributed by atoms with E-state index >= 15 is 0 Å². The molecule has 0 aromatic rings. The molecule has 0 spiro atoms. The highest BCUT2D eigenvalue weighted by Crippen LogP contribution is 2.36. The molecule has 0 amide bonds. The Labute approximate surface area is 324 Å². The number of phosphoric acid groups is 1. The summed E-state index contributed by atoms with van der Waals surface area (Å²) in [5.74, 6) is -1.30. The van der Waals surface area contributed by atoms with E-state index in [2.05, 4.69) is 67.0 Å². The molecular weight excluding hydrogens is 707 g/mol. The first-order valence-corrected chi connectivity index (χ1v) is 21.5. The fraction of sp³-hybridized carbons (Fsp3) is 0.605. The Bertz CT molecular complexity index is 1290. The van der Waals surface area contributed by atoms with Crippen LogP contribution in [-0.2, 0) is 32.9 Å². The number of ketones is 1. The SMILES string of the molecule is CC/C=C\C/C=C\C/C=C\C/C=C\CCCCCCC(=O)O[C@H](COC(=O)CCC/C=C\C[C@H]1C=CC(=O)[C@@H]1/C=C/[C@@H](O)CCCCC)COP(=O)(O)O. The molecule has 0 unspecified atom stereocenters. The summed E-state index contributed by atoms with van der Waals surface area (Å²) in [5.41, 5.74) is 0. The van der Waals surface area contributed by atoms with E-state index in [0.29, 0.717) is 32.1 Å². The number of hydrogen-bond acceptors (Lipinski definition) is 8. The average Bonchev–Trinajstić information content (AvgIpc) is 3.49. The van der Waals surface area contributed by atoms with Gasteiger partial charge in [0.15, 0.2) is 11.9 Å². The molecule has 0 saturated carbocycles. The van der Waals surface area contributed by atoms with Crippen LogP contribution in [0.2, 0.25) is 0 Å². The third-order valence-corrected chi connectivity index (χ3v) is 9.13. The van der Waals surface area contributed by atoms with Gasteiger partial charge in [0.25, 0.3) is 0 Å². The zero-order valence-electron chi connectivity index (χ0n) is 32.7. The van der Waals surface area contributed by atoms with Crippen LogP contribution in [0.25, 0.3) is 0 Å². The second-order valence-corrected chi connectivity index (χ2v) is 14.8. The van der Waals surface area contributed by atoms with Crippen LogP contribution in [0, 0.1) is 11.8 Å². The first kappa shape index (κ1) is 48.9. The van der Waals surface area contributed by atoms with Crippen LogP contribution in [0.1, 0.15) is 129 Å². The van der Waals surface area contributed by atoms with Gasteiger partial charge in [-0.1, -0.05) is 125 Å². The number of phosphoric ester groups is 1. The van der Waals surface area contributed by atoms with Crippen molar-refractivity contribution in [1.82, 2.24) is 0 Å². The molecule has 0 saturated heterocycles. The summed E-state index contributed by atoms with van der Waals surface area (Å²) in [6.45, 7) is 3.26. The predicted octanol–water partition coefficient (Wildman–Crippen LogP) is 9.68. The van der Waals surface area contributed by atoms with Crippen LogP contribution >= 0.6 is 7.82 Å². The van der Waals surface area contributed by atoms with Crippen molar-refractivity contribution in [3.63, 3.8) is 0 Å². The minimum absolute atomic E-state index is 0.0226. The molecule has 1 aliphatic carbocycles. The Morgan fingerprint density at radius 2 is 1.41 bits per heavy atom. The van der Waals surface area contributed by atoms with Gasteiger partial charge in [0, 0.05) is 18.8 Å². The summed E-state index contributed by atoms with van der Waals surface area (Å²) in [6.07, 6.45) is 40.7. The maximum atomic E-state index is 12.4. The number of aliphatic hydroxyl groups is 1. The lowest BCUT2D eigenvalue weighted by atomic mass is 9.90. The number of carbonyl (C=O) groups excluding carboxylic acids is 3. The van der Waals surface area contributed by atoms with Crippen LogP contribution in [-0.4, -0.2) is 58.0 Å². The summed E-state index contributed by atoms with van der Waals surface area (Å²) >= 11 is 0. The number of aliphatic hydroxyl groups excluding tert-OH is 1. The van der Waals surface area contributed by atoms with E-state index in [9.17, 15) is 24.1 Å². The summed E-state index contributed by atoms with van der Waals surface area (Å²) in [7, 11) is -4.82. The number of hydrogen-bond donors (Lipinski definition) is 3. The lowest BCUT2D eigenvalue weighted by Crippen LogP contribution is -2.29. The molecule has 0 aromatic carbocycles. The number of ether oxygens (including phenoxy) is 2. The summed E-state index contributed by atoms with van der Waals surface area (Å²) in [4.78, 5) is 55.3. The monoisotopic (exact) mass is 774 g/mol. The lowest BCUT2D eigenvalue weighted by Gasteiger charge is -2.18. The normalized spacial score (nSPS) is 17.8. The van der Waals surface area contributed by atoms with Crippen LogP contribution < -0.4 is 0 Å². The molecule has 11 heteroatoms. The Kier molecular flexibility index (Phi) is 29.1. The molecule has 0 bridgehead atoms. The van der Waals surface area contributed by atoms with Gasteiger partial charge in [0.1, 0.15) is 6.61 Å². The average molecular weight is 775 g/mol. The van der Waals surface area contributed by atoms with Crippen molar-refractivity contribution in [1.29, 1.82) is 0 Å². The van der Waals surface area contributed by atoms with Crippen LogP contribution in [0.4, 0.5) is 0 Å². The largest absolute Gasteiger partial charge is 0.469 e.